The lowest BCUT2D eigenvalue weighted by molar-refractivity contribution is 0.364. The quantitative estimate of drug-likeness (QED) is 0.300. The van der Waals surface area contributed by atoms with E-state index in [1.54, 1.807) is 0 Å². The van der Waals surface area contributed by atoms with E-state index in [-0.39, 0.29) is 0 Å². The highest BCUT2D eigenvalue weighted by Crippen LogP contribution is 2.59. The van der Waals surface area contributed by atoms with Crippen LogP contribution in [0.3, 0.4) is 0 Å². The normalized spacial score (nSPS) is 15.8. The fourth-order valence-electron chi connectivity index (χ4n) is 0.785. The summed E-state index contributed by atoms with van der Waals surface area (Å²) in [6.07, 6.45) is 2.41. The van der Waals surface area contributed by atoms with E-state index in [1.807, 2.05) is 6.92 Å². The summed E-state index contributed by atoms with van der Waals surface area (Å²) >= 11 is 11.8. The molecule has 0 heterocycles. The second-order valence-electron chi connectivity index (χ2n) is 2.89. The third-order valence-electron chi connectivity index (χ3n) is 1.71. The molecule has 0 bridgehead atoms. The van der Waals surface area contributed by atoms with E-state index in [0.29, 0.717) is 6.42 Å². The van der Waals surface area contributed by atoms with Crippen LogP contribution in [0, 0.1) is 0 Å². The van der Waals surface area contributed by atoms with E-state index in [0.717, 1.165) is 12.8 Å². The molecule has 0 aromatic rings. The third-order valence-corrected chi connectivity index (χ3v) is 6.32. The van der Waals surface area contributed by atoms with Crippen molar-refractivity contribution < 1.29 is 14.4 Å². The fourth-order valence-corrected chi connectivity index (χ4v) is 2.19. The zero-order valence-corrected chi connectivity index (χ0v) is 10.9. The topological polar surface area (TPSA) is 57.5 Å². The first-order valence-corrected chi connectivity index (χ1v) is 6.94. The molecule has 0 amide bonds. The number of thiol groups is 3. The summed E-state index contributed by atoms with van der Waals surface area (Å²) < 4.78 is 9.32. The first-order chi connectivity index (χ1) is 5.73. The second kappa shape index (κ2) is 5.33. The van der Waals surface area contributed by atoms with Crippen molar-refractivity contribution >= 4 is 45.5 Å². The number of hydrogen-bond acceptors (Lipinski definition) is 4. The summed E-state index contributed by atoms with van der Waals surface area (Å²) in [5.41, 5.74) is 0. The van der Waals surface area contributed by atoms with E-state index in [2.05, 4.69) is 37.9 Å². The fraction of sp³-hybridized carbons (Fsp3) is 1.00. The lowest BCUT2D eigenvalue weighted by Crippen LogP contribution is -2.26. The Kier molecular flexibility index (Phi) is 5.82. The van der Waals surface area contributed by atoms with Gasteiger partial charge in [-0.3, -0.25) is 4.57 Å². The minimum absolute atomic E-state index is 0.514. The van der Waals surface area contributed by atoms with E-state index >= 15 is 0 Å². The van der Waals surface area contributed by atoms with Crippen molar-refractivity contribution in [2.45, 2.75) is 35.3 Å². The van der Waals surface area contributed by atoms with E-state index in [1.165, 1.54) is 0 Å². The Bertz CT molecular complexity index is 203. The van der Waals surface area contributed by atoms with Gasteiger partial charge in [-0.1, -0.05) is 19.8 Å². The van der Waals surface area contributed by atoms with Crippen LogP contribution in [0.25, 0.3) is 0 Å². The van der Waals surface area contributed by atoms with Gasteiger partial charge < -0.3 is 9.79 Å². The summed E-state index contributed by atoms with van der Waals surface area (Å²) in [6, 6.07) is 0. The second-order valence-corrected chi connectivity index (χ2v) is 7.78. The number of rotatable bonds is 5. The molecule has 0 aromatic heterocycles. The maximum absolute atomic E-state index is 11.0. The van der Waals surface area contributed by atoms with Gasteiger partial charge in [-0.2, -0.15) is 12.6 Å². The standard InChI is InChI=1S/C6H15O3PS3/c1-2-3-4-5(11)6(12,13)10(7,8)9/h5,11-13H,2-4H2,1H3,(H2,7,8,9). The molecule has 80 valence electrons. The molecule has 0 rings (SSSR count). The van der Waals surface area contributed by atoms with Gasteiger partial charge in [0.1, 0.15) is 0 Å². The van der Waals surface area contributed by atoms with Gasteiger partial charge in [0.2, 0.25) is 0 Å². The molecule has 0 fully saturated rings. The van der Waals surface area contributed by atoms with Crippen LogP contribution >= 0.6 is 45.5 Å². The Hall–Kier alpha value is 1.20. The van der Waals surface area contributed by atoms with Crippen molar-refractivity contribution in [2.75, 3.05) is 0 Å². The summed E-state index contributed by atoms with van der Waals surface area (Å²) in [6.45, 7) is 2.00. The first-order valence-electron chi connectivity index (χ1n) is 3.92. The molecule has 0 spiro atoms. The predicted octanol–water partition coefficient (Wildman–Crippen LogP) is 2.17. The molecule has 0 aliphatic rings. The Morgan fingerprint density at radius 1 is 1.46 bits per heavy atom. The number of unbranched alkanes of at least 4 members (excludes halogenated alkanes) is 1. The highest BCUT2D eigenvalue weighted by molar-refractivity contribution is 8.11. The molecule has 0 saturated carbocycles. The summed E-state index contributed by atoms with van der Waals surface area (Å²) in [5, 5.41) is -0.514. The molecule has 13 heavy (non-hydrogen) atoms. The van der Waals surface area contributed by atoms with Gasteiger partial charge in [0, 0.05) is 5.25 Å². The molecular formula is C6H15O3PS3. The third kappa shape index (κ3) is 4.06. The zero-order valence-electron chi connectivity index (χ0n) is 7.29. The predicted molar refractivity (Wildman–Crippen MR) is 65.0 cm³/mol. The van der Waals surface area contributed by atoms with Crippen LogP contribution in [0.4, 0.5) is 0 Å². The molecule has 1 atom stereocenters. The Labute approximate surface area is 95.1 Å². The lowest BCUT2D eigenvalue weighted by atomic mass is 10.2. The van der Waals surface area contributed by atoms with Crippen LogP contribution in [-0.2, 0) is 4.57 Å². The average Bonchev–Trinajstić information content (AvgIpc) is 1.97. The highest BCUT2D eigenvalue weighted by Gasteiger charge is 2.45. The Morgan fingerprint density at radius 2 is 1.92 bits per heavy atom. The van der Waals surface area contributed by atoms with Crippen molar-refractivity contribution in [3.05, 3.63) is 0 Å². The minimum atomic E-state index is -4.31. The highest BCUT2D eigenvalue weighted by atomic mass is 32.2. The van der Waals surface area contributed by atoms with Crippen molar-refractivity contribution in [3.8, 4) is 0 Å². The minimum Gasteiger partial charge on any atom is -0.323 e. The molecule has 7 heteroatoms. The van der Waals surface area contributed by atoms with Crippen molar-refractivity contribution in [3.63, 3.8) is 0 Å². The van der Waals surface area contributed by atoms with Crippen LogP contribution in [-0.4, -0.2) is 18.9 Å². The molecule has 3 nitrogen and oxygen atoms in total. The van der Waals surface area contributed by atoms with Crippen LogP contribution in [0.1, 0.15) is 26.2 Å². The van der Waals surface area contributed by atoms with E-state index in [9.17, 15) is 4.57 Å². The molecule has 2 N–H and O–H groups in total. The lowest BCUT2D eigenvalue weighted by Gasteiger charge is -2.29. The van der Waals surface area contributed by atoms with Gasteiger partial charge in [-0.15, -0.1) is 25.3 Å². The Balaban J connectivity index is 4.36. The molecule has 0 saturated heterocycles. The van der Waals surface area contributed by atoms with Gasteiger partial charge in [0.25, 0.3) is 0 Å². The van der Waals surface area contributed by atoms with Gasteiger partial charge in [0.15, 0.2) is 3.82 Å². The van der Waals surface area contributed by atoms with E-state index in [4.69, 9.17) is 9.79 Å². The zero-order chi connectivity index (χ0) is 10.7. The molecule has 0 aromatic carbocycles. The van der Waals surface area contributed by atoms with Crippen LogP contribution in [0.2, 0.25) is 0 Å². The maximum atomic E-state index is 11.0. The summed E-state index contributed by atoms with van der Waals surface area (Å²) in [5.74, 6) is 0. The largest absolute Gasteiger partial charge is 0.352 e. The Morgan fingerprint density at radius 3 is 2.23 bits per heavy atom. The van der Waals surface area contributed by atoms with Crippen molar-refractivity contribution in [1.29, 1.82) is 0 Å². The SMILES string of the molecule is CCCCC(S)C(S)(S)P(=O)(O)O. The molecule has 0 radical (unpaired) electrons. The average molecular weight is 262 g/mol. The van der Waals surface area contributed by atoms with Crippen LogP contribution in [0.5, 0.6) is 0 Å². The monoisotopic (exact) mass is 262 g/mol. The van der Waals surface area contributed by atoms with Crippen LogP contribution < -0.4 is 0 Å². The molecule has 0 aliphatic carbocycles. The summed E-state index contributed by atoms with van der Waals surface area (Å²) in [4.78, 5) is 17.8. The smallest absolute Gasteiger partial charge is 0.323 e. The van der Waals surface area contributed by atoms with Gasteiger partial charge in [0.05, 0.1) is 0 Å². The molecule has 0 aliphatic heterocycles. The summed E-state index contributed by atoms with van der Waals surface area (Å²) in [7, 11) is -4.31. The van der Waals surface area contributed by atoms with Gasteiger partial charge in [-0.05, 0) is 6.42 Å². The number of hydrogen-bond donors (Lipinski definition) is 5. The maximum Gasteiger partial charge on any atom is 0.352 e. The molecular weight excluding hydrogens is 247 g/mol. The van der Waals surface area contributed by atoms with Crippen LogP contribution in [0.15, 0.2) is 0 Å². The van der Waals surface area contributed by atoms with Gasteiger partial charge >= 0.3 is 7.60 Å². The van der Waals surface area contributed by atoms with Gasteiger partial charge in [-0.25, -0.2) is 0 Å². The van der Waals surface area contributed by atoms with Crippen molar-refractivity contribution in [2.24, 2.45) is 0 Å². The molecule has 1 unspecified atom stereocenters. The first kappa shape index (κ1) is 14.2. The van der Waals surface area contributed by atoms with Crippen molar-refractivity contribution in [1.82, 2.24) is 0 Å². The van der Waals surface area contributed by atoms with E-state index < -0.39 is 16.7 Å².